The second-order valence-electron chi connectivity index (χ2n) is 4.15. The van der Waals surface area contributed by atoms with Crippen LogP contribution >= 0.6 is 0 Å². The van der Waals surface area contributed by atoms with Gasteiger partial charge in [0.25, 0.3) is 15.9 Å². The van der Waals surface area contributed by atoms with Crippen LogP contribution in [0.1, 0.15) is 30.1 Å². The molecule has 0 spiro atoms. The van der Waals surface area contributed by atoms with Crippen LogP contribution in [0.5, 0.6) is 0 Å². The highest BCUT2D eigenvalue weighted by Gasteiger charge is 2.14. The molecule has 8 heteroatoms. The Hall–Kier alpha value is -1.80. The Balaban J connectivity index is 2.60. The van der Waals surface area contributed by atoms with Gasteiger partial charge < -0.3 is 10.1 Å². The SMILES string of the molecule is CNS(=O)(=O)c1ccc(C(=O)NCCCC(C)=O)cn1. The third-order valence-electron chi connectivity index (χ3n) is 2.53. The van der Waals surface area contributed by atoms with Crippen molar-refractivity contribution >= 4 is 21.7 Å². The molecule has 0 unspecified atom stereocenters. The summed E-state index contributed by atoms with van der Waals surface area (Å²) < 4.78 is 25.0. The average Bonchev–Trinajstić information content (AvgIpc) is 2.43. The van der Waals surface area contributed by atoms with Crippen LogP contribution in [0.3, 0.4) is 0 Å². The molecule has 0 aromatic carbocycles. The molecule has 110 valence electrons. The van der Waals surface area contributed by atoms with E-state index in [-0.39, 0.29) is 22.3 Å². The molecule has 0 aliphatic rings. The van der Waals surface area contributed by atoms with Crippen LogP contribution in [0, 0.1) is 0 Å². The fourth-order valence-electron chi connectivity index (χ4n) is 1.42. The van der Waals surface area contributed by atoms with Crippen LogP contribution in [0.2, 0.25) is 0 Å². The third-order valence-corrected chi connectivity index (χ3v) is 3.86. The fourth-order valence-corrected chi connectivity index (χ4v) is 2.07. The molecular formula is C12H17N3O4S. The molecule has 1 rings (SSSR count). The zero-order valence-corrected chi connectivity index (χ0v) is 12.2. The van der Waals surface area contributed by atoms with Gasteiger partial charge in [-0.3, -0.25) is 4.79 Å². The Kier molecular flexibility index (Phi) is 5.78. The highest BCUT2D eigenvalue weighted by atomic mass is 32.2. The monoisotopic (exact) mass is 299 g/mol. The van der Waals surface area contributed by atoms with E-state index in [9.17, 15) is 18.0 Å². The fraction of sp³-hybridized carbons (Fsp3) is 0.417. The van der Waals surface area contributed by atoms with E-state index in [0.717, 1.165) is 0 Å². The molecule has 0 aliphatic carbocycles. The van der Waals surface area contributed by atoms with Gasteiger partial charge in [0.05, 0.1) is 5.56 Å². The predicted octanol–water partition coefficient (Wildman–Crippen LogP) is 0.0887. The van der Waals surface area contributed by atoms with E-state index in [1.165, 1.54) is 32.3 Å². The molecule has 1 aromatic heterocycles. The molecule has 0 saturated carbocycles. The topological polar surface area (TPSA) is 105 Å². The molecule has 0 saturated heterocycles. The number of nitrogens with one attached hydrogen (secondary N) is 2. The Morgan fingerprint density at radius 1 is 1.30 bits per heavy atom. The lowest BCUT2D eigenvalue weighted by Crippen LogP contribution is -2.25. The number of hydrogen-bond acceptors (Lipinski definition) is 5. The molecule has 20 heavy (non-hydrogen) atoms. The number of aromatic nitrogens is 1. The van der Waals surface area contributed by atoms with Gasteiger partial charge in [-0.25, -0.2) is 18.1 Å². The van der Waals surface area contributed by atoms with Crippen molar-refractivity contribution in [1.29, 1.82) is 0 Å². The van der Waals surface area contributed by atoms with Gasteiger partial charge in [0, 0.05) is 19.2 Å². The molecule has 0 fully saturated rings. The summed E-state index contributed by atoms with van der Waals surface area (Å²) in [5.41, 5.74) is 0.267. The van der Waals surface area contributed by atoms with Crippen molar-refractivity contribution in [3.8, 4) is 0 Å². The number of rotatable bonds is 7. The van der Waals surface area contributed by atoms with E-state index >= 15 is 0 Å². The maximum absolute atomic E-state index is 11.7. The summed E-state index contributed by atoms with van der Waals surface area (Å²) in [7, 11) is -2.32. The Morgan fingerprint density at radius 2 is 2.00 bits per heavy atom. The van der Waals surface area contributed by atoms with Crippen LogP contribution in [-0.4, -0.2) is 38.7 Å². The quantitative estimate of drug-likeness (QED) is 0.694. The summed E-state index contributed by atoms with van der Waals surface area (Å²) in [6.07, 6.45) is 2.18. The first kappa shape index (κ1) is 16.3. The van der Waals surface area contributed by atoms with Crippen LogP contribution in [0.25, 0.3) is 0 Å². The van der Waals surface area contributed by atoms with Crippen molar-refractivity contribution in [1.82, 2.24) is 15.0 Å². The zero-order valence-electron chi connectivity index (χ0n) is 11.3. The summed E-state index contributed by atoms with van der Waals surface area (Å²) in [6, 6.07) is 2.65. The van der Waals surface area contributed by atoms with E-state index in [0.29, 0.717) is 19.4 Å². The van der Waals surface area contributed by atoms with Crippen LogP contribution in [-0.2, 0) is 14.8 Å². The standard InChI is InChI=1S/C12H17N3O4S/c1-9(16)4-3-7-14-12(17)10-5-6-11(15-8-10)20(18,19)13-2/h5-6,8,13H,3-4,7H2,1-2H3,(H,14,17). The minimum atomic E-state index is -3.60. The molecular weight excluding hydrogens is 282 g/mol. The third kappa shape index (κ3) is 4.71. The largest absolute Gasteiger partial charge is 0.352 e. The Bertz CT molecular complexity index is 581. The lowest BCUT2D eigenvalue weighted by molar-refractivity contribution is -0.117. The van der Waals surface area contributed by atoms with Gasteiger partial charge >= 0.3 is 0 Å². The van der Waals surface area contributed by atoms with Crippen molar-refractivity contribution in [3.05, 3.63) is 23.9 Å². The number of hydrogen-bond donors (Lipinski definition) is 2. The second kappa shape index (κ2) is 7.11. The smallest absolute Gasteiger partial charge is 0.257 e. The van der Waals surface area contributed by atoms with Gasteiger partial charge in [0.1, 0.15) is 5.78 Å². The number of ketones is 1. The summed E-state index contributed by atoms with van der Waals surface area (Å²) >= 11 is 0. The molecule has 1 aromatic rings. The first-order valence-corrected chi connectivity index (χ1v) is 7.52. The number of amides is 1. The van der Waals surface area contributed by atoms with Crippen LogP contribution < -0.4 is 10.0 Å². The number of nitrogens with zero attached hydrogens (tertiary/aromatic N) is 1. The van der Waals surface area contributed by atoms with E-state index in [4.69, 9.17) is 0 Å². The summed E-state index contributed by atoms with van der Waals surface area (Å²) in [4.78, 5) is 26.2. The molecule has 0 bridgehead atoms. The number of carbonyl (C=O) groups is 2. The average molecular weight is 299 g/mol. The minimum absolute atomic E-state index is 0.0718. The normalized spacial score (nSPS) is 11.1. The van der Waals surface area contributed by atoms with Gasteiger partial charge in [-0.2, -0.15) is 0 Å². The van der Waals surface area contributed by atoms with E-state index in [2.05, 4.69) is 15.0 Å². The lowest BCUT2D eigenvalue weighted by atomic mass is 10.2. The number of Topliss-reactive ketones (excluding diaryl/α,β-unsaturated/α-hetero) is 1. The number of sulfonamides is 1. The number of carbonyl (C=O) groups excluding carboxylic acids is 2. The minimum Gasteiger partial charge on any atom is -0.352 e. The van der Waals surface area contributed by atoms with E-state index in [1.54, 1.807) is 0 Å². The van der Waals surface area contributed by atoms with Crippen molar-refractivity contribution in [2.75, 3.05) is 13.6 Å². The number of pyridine rings is 1. The zero-order chi connectivity index (χ0) is 15.2. The molecule has 1 heterocycles. The maximum Gasteiger partial charge on any atom is 0.257 e. The van der Waals surface area contributed by atoms with Gasteiger partial charge in [-0.05, 0) is 32.5 Å². The summed E-state index contributed by atoms with van der Waals surface area (Å²) in [5, 5.41) is 2.49. The predicted molar refractivity (Wildman–Crippen MR) is 72.7 cm³/mol. The van der Waals surface area contributed by atoms with E-state index < -0.39 is 10.0 Å². The highest BCUT2D eigenvalue weighted by Crippen LogP contribution is 2.06. The van der Waals surface area contributed by atoms with Crippen molar-refractivity contribution in [2.24, 2.45) is 0 Å². The van der Waals surface area contributed by atoms with Gasteiger partial charge in [0.2, 0.25) is 0 Å². The van der Waals surface area contributed by atoms with Crippen molar-refractivity contribution < 1.29 is 18.0 Å². The Morgan fingerprint density at radius 3 is 2.50 bits per heavy atom. The molecule has 0 aliphatic heterocycles. The maximum atomic E-state index is 11.7. The van der Waals surface area contributed by atoms with Gasteiger partial charge in [-0.1, -0.05) is 0 Å². The molecule has 2 N–H and O–H groups in total. The lowest BCUT2D eigenvalue weighted by Gasteiger charge is -2.05. The first-order chi connectivity index (χ1) is 9.36. The molecule has 7 nitrogen and oxygen atoms in total. The summed E-state index contributed by atoms with van der Waals surface area (Å²) in [6.45, 7) is 1.88. The van der Waals surface area contributed by atoms with Gasteiger partial charge in [0.15, 0.2) is 5.03 Å². The van der Waals surface area contributed by atoms with Crippen LogP contribution in [0.4, 0.5) is 0 Å². The Labute approximate surface area is 117 Å². The highest BCUT2D eigenvalue weighted by molar-refractivity contribution is 7.89. The molecule has 1 amide bonds. The molecule has 0 radical (unpaired) electrons. The summed E-state index contributed by atoms with van der Waals surface area (Å²) in [5.74, 6) is -0.281. The van der Waals surface area contributed by atoms with Crippen molar-refractivity contribution in [3.63, 3.8) is 0 Å². The van der Waals surface area contributed by atoms with Crippen LogP contribution in [0.15, 0.2) is 23.4 Å². The van der Waals surface area contributed by atoms with Gasteiger partial charge in [-0.15, -0.1) is 0 Å². The van der Waals surface area contributed by atoms with Crippen molar-refractivity contribution in [2.45, 2.75) is 24.8 Å². The molecule has 0 atom stereocenters. The first-order valence-electron chi connectivity index (χ1n) is 6.04. The van der Waals surface area contributed by atoms with E-state index in [1.807, 2.05) is 0 Å². The second-order valence-corrected chi connectivity index (χ2v) is 5.99.